The summed E-state index contributed by atoms with van der Waals surface area (Å²) in [5.41, 5.74) is 0.0613. The zero-order chi connectivity index (χ0) is 13.7. The van der Waals surface area contributed by atoms with Gasteiger partial charge in [-0.15, -0.1) is 0 Å². The van der Waals surface area contributed by atoms with Crippen LogP contribution in [0.2, 0.25) is 0 Å². The fourth-order valence-electron chi connectivity index (χ4n) is 2.11. The molecule has 1 aromatic rings. The van der Waals surface area contributed by atoms with Crippen LogP contribution in [0.4, 0.5) is 11.6 Å². The molecule has 0 aromatic carbocycles. The largest absolute Gasteiger partial charge is 0.381 e. The Balaban J connectivity index is 2.16. The lowest BCUT2D eigenvalue weighted by molar-refractivity contribution is 0.0657. The van der Waals surface area contributed by atoms with Crippen LogP contribution in [0.5, 0.6) is 0 Å². The number of aromatic nitrogens is 2. The van der Waals surface area contributed by atoms with Gasteiger partial charge in [0.1, 0.15) is 11.6 Å². The Morgan fingerprint density at radius 3 is 2.63 bits per heavy atom. The molecule has 106 valence electrons. The molecule has 0 amide bonds. The van der Waals surface area contributed by atoms with Crippen LogP contribution in [0.25, 0.3) is 0 Å². The first kappa shape index (κ1) is 14.4. The monoisotopic (exact) mass is 282 g/mol. The van der Waals surface area contributed by atoms with Gasteiger partial charge in [0.05, 0.1) is 0 Å². The molecule has 1 aliphatic heterocycles. The molecule has 1 aliphatic rings. The fraction of sp³-hybridized carbons (Fsp3) is 0.692. The van der Waals surface area contributed by atoms with E-state index in [2.05, 4.69) is 34.4 Å². The second-order valence-corrected chi connectivity index (χ2v) is 5.73. The Hall–Kier alpha value is -1.01. The summed E-state index contributed by atoms with van der Waals surface area (Å²) in [6.07, 6.45) is 4.00. The van der Waals surface area contributed by atoms with Crippen LogP contribution in [-0.4, -0.2) is 41.5 Å². The van der Waals surface area contributed by atoms with Crippen molar-refractivity contribution in [2.24, 2.45) is 0 Å². The van der Waals surface area contributed by atoms with Gasteiger partial charge in [-0.2, -0.15) is 0 Å². The molecule has 0 spiro atoms. The van der Waals surface area contributed by atoms with Crippen molar-refractivity contribution < 1.29 is 4.74 Å². The van der Waals surface area contributed by atoms with E-state index in [1.54, 1.807) is 11.8 Å². The number of anilines is 2. The third-order valence-electron chi connectivity index (χ3n) is 3.27. The Kier molecular flexibility index (Phi) is 4.87. The van der Waals surface area contributed by atoms with Gasteiger partial charge in [-0.1, -0.05) is 11.8 Å². The molecule has 0 atom stereocenters. The van der Waals surface area contributed by atoms with E-state index in [-0.39, 0.29) is 5.54 Å². The van der Waals surface area contributed by atoms with Gasteiger partial charge < -0.3 is 15.4 Å². The van der Waals surface area contributed by atoms with Crippen LogP contribution in [0.1, 0.15) is 26.7 Å². The normalized spacial score (nSPS) is 18.1. The van der Waals surface area contributed by atoms with E-state index in [9.17, 15) is 0 Å². The molecular weight excluding hydrogens is 260 g/mol. The molecule has 6 heteroatoms. The number of thioether (sulfide) groups is 1. The average molecular weight is 282 g/mol. The summed E-state index contributed by atoms with van der Waals surface area (Å²) < 4.78 is 5.42. The molecule has 1 fully saturated rings. The molecule has 0 unspecified atom stereocenters. The molecular formula is C13H22N4OS. The maximum absolute atomic E-state index is 5.42. The van der Waals surface area contributed by atoms with Gasteiger partial charge in [-0.3, -0.25) is 0 Å². The Bertz CT molecular complexity index is 421. The van der Waals surface area contributed by atoms with Crippen molar-refractivity contribution in [3.05, 3.63) is 6.07 Å². The third kappa shape index (κ3) is 3.98. The Labute approximate surface area is 118 Å². The second-order valence-electron chi connectivity index (χ2n) is 4.95. The lowest BCUT2D eigenvalue weighted by Crippen LogP contribution is -2.40. The lowest BCUT2D eigenvalue weighted by Gasteiger charge is -2.35. The molecule has 2 N–H and O–H groups in total. The molecule has 1 saturated heterocycles. The molecule has 19 heavy (non-hydrogen) atoms. The molecule has 0 radical (unpaired) electrons. The third-order valence-corrected chi connectivity index (χ3v) is 3.82. The number of nitrogens with zero attached hydrogens (tertiary/aromatic N) is 2. The summed E-state index contributed by atoms with van der Waals surface area (Å²) in [6, 6.07) is 1.98. The number of ether oxygens (including phenoxy) is 1. The van der Waals surface area contributed by atoms with Crippen molar-refractivity contribution in [2.75, 3.05) is 36.6 Å². The minimum atomic E-state index is 0.0613. The SMILES string of the molecule is CCNc1cc(NC2(C)CCOCC2)nc(SC)n1. The van der Waals surface area contributed by atoms with Gasteiger partial charge in [-0.25, -0.2) is 9.97 Å². The van der Waals surface area contributed by atoms with E-state index in [1.807, 2.05) is 12.3 Å². The molecule has 0 aliphatic carbocycles. The van der Waals surface area contributed by atoms with Crippen molar-refractivity contribution in [3.8, 4) is 0 Å². The molecule has 0 saturated carbocycles. The van der Waals surface area contributed by atoms with E-state index in [0.29, 0.717) is 0 Å². The number of nitrogens with one attached hydrogen (secondary N) is 2. The van der Waals surface area contributed by atoms with Crippen molar-refractivity contribution in [2.45, 2.75) is 37.4 Å². The van der Waals surface area contributed by atoms with E-state index in [1.165, 1.54) is 0 Å². The number of hydrogen-bond donors (Lipinski definition) is 2. The average Bonchev–Trinajstić information content (AvgIpc) is 2.39. The summed E-state index contributed by atoms with van der Waals surface area (Å²) in [7, 11) is 0. The zero-order valence-corrected chi connectivity index (χ0v) is 12.6. The highest BCUT2D eigenvalue weighted by atomic mass is 32.2. The van der Waals surface area contributed by atoms with Crippen LogP contribution >= 0.6 is 11.8 Å². The minimum Gasteiger partial charge on any atom is -0.381 e. The topological polar surface area (TPSA) is 59.1 Å². The van der Waals surface area contributed by atoms with Crippen LogP contribution in [0.3, 0.4) is 0 Å². The van der Waals surface area contributed by atoms with Gasteiger partial charge in [0.15, 0.2) is 5.16 Å². The number of rotatable bonds is 5. The highest BCUT2D eigenvalue weighted by Crippen LogP contribution is 2.26. The lowest BCUT2D eigenvalue weighted by atomic mass is 9.92. The summed E-state index contributed by atoms with van der Waals surface area (Å²) >= 11 is 1.56. The van der Waals surface area contributed by atoms with E-state index in [4.69, 9.17) is 4.74 Å². The highest BCUT2D eigenvalue weighted by molar-refractivity contribution is 7.98. The van der Waals surface area contributed by atoms with Crippen LogP contribution in [-0.2, 0) is 4.74 Å². The van der Waals surface area contributed by atoms with Gasteiger partial charge >= 0.3 is 0 Å². The van der Waals surface area contributed by atoms with Crippen molar-refractivity contribution in [1.29, 1.82) is 0 Å². The summed E-state index contributed by atoms with van der Waals surface area (Å²) in [4.78, 5) is 8.97. The smallest absolute Gasteiger partial charge is 0.191 e. The van der Waals surface area contributed by atoms with Crippen LogP contribution in [0.15, 0.2) is 11.2 Å². The molecule has 5 nitrogen and oxygen atoms in total. The van der Waals surface area contributed by atoms with Gasteiger partial charge in [-0.05, 0) is 32.9 Å². The fourth-order valence-corrected chi connectivity index (χ4v) is 2.49. The standard InChI is InChI=1S/C13H22N4OS/c1-4-14-10-9-11(16-12(15-10)19-3)17-13(2)5-7-18-8-6-13/h9H,4-8H2,1-3H3,(H2,14,15,16,17). The maximum atomic E-state index is 5.42. The van der Waals surface area contributed by atoms with E-state index >= 15 is 0 Å². The molecule has 0 bridgehead atoms. The maximum Gasteiger partial charge on any atom is 0.191 e. The number of hydrogen-bond acceptors (Lipinski definition) is 6. The van der Waals surface area contributed by atoms with Crippen molar-refractivity contribution in [1.82, 2.24) is 9.97 Å². The summed E-state index contributed by atoms with van der Waals surface area (Å²) in [5.74, 6) is 1.76. The summed E-state index contributed by atoms with van der Waals surface area (Å²) in [6.45, 7) is 6.76. The van der Waals surface area contributed by atoms with Gasteiger partial charge in [0, 0.05) is 31.4 Å². The van der Waals surface area contributed by atoms with Crippen molar-refractivity contribution >= 4 is 23.4 Å². The first-order valence-electron chi connectivity index (χ1n) is 6.68. The Morgan fingerprint density at radius 1 is 1.32 bits per heavy atom. The van der Waals surface area contributed by atoms with E-state index < -0.39 is 0 Å². The highest BCUT2D eigenvalue weighted by Gasteiger charge is 2.27. The predicted octanol–water partition coefficient (Wildman–Crippen LogP) is 2.61. The molecule has 2 heterocycles. The second kappa shape index (κ2) is 6.43. The summed E-state index contributed by atoms with van der Waals surface area (Å²) in [5, 5.41) is 7.58. The molecule has 1 aromatic heterocycles. The zero-order valence-electron chi connectivity index (χ0n) is 11.8. The van der Waals surface area contributed by atoms with Gasteiger partial charge in [0.2, 0.25) is 0 Å². The van der Waals surface area contributed by atoms with Crippen molar-refractivity contribution in [3.63, 3.8) is 0 Å². The first-order chi connectivity index (χ1) is 9.15. The van der Waals surface area contributed by atoms with Crippen LogP contribution < -0.4 is 10.6 Å². The molecule has 2 rings (SSSR count). The Morgan fingerprint density at radius 2 is 2.00 bits per heavy atom. The predicted molar refractivity (Wildman–Crippen MR) is 80.1 cm³/mol. The van der Waals surface area contributed by atoms with Gasteiger partial charge in [0.25, 0.3) is 0 Å². The van der Waals surface area contributed by atoms with E-state index in [0.717, 1.165) is 49.4 Å². The minimum absolute atomic E-state index is 0.0613. The first-order valence-corrected chi connectivity index (χ1v) is 7.90. The quantitative estimate of drug-likeness (QED) is 0.639. The van der Waals surface area contributed by atoms with Crippen LogP contribution in [0, 0.1) is 0 Å².